The number of aliphatic hydroxyl groups is 1. The molecule has 3 aliphatic heterocycles. The summed E-state index contributed by atoms with van der Waals surface area (Å²) in [5, 5.41) is 20.6. The van der Waals surface area contributed by atoms with Gasteiger partial charge in [-0.2, -0.15) is 0 Å². The highest BCUT2D eigenvalue weighted by Crippen LogP contribution is 2.42. The van der Waals surface area contributed by atoms with Crippen molar-refractivity contribution in [3.05, 3.63) is 85.1 Å². The number of unbranched alkanes of at least 4 members (excludes halogenated alkanes) is 5. The quantitative estimate of drug-likeness (QED) is 0.139. The van der Waals surface area contributed by atoms with Crippen LogP contribution in [0.5, 0.6) is 5.75 Å². The maximum Gasteiger partial charge on any atom is 0.303 e. The van der Waals surface area contributed by atoms with Crippen molar-refractivity contribution in [1.82, 2.24) is 9.88 Å². The number of hydrogen-bond donors (Lipinski definition) is 2. The number of piperidine rings is 3. The van der Waals surface area contributed by atoms with Crippen LogP contribution < -0.4 is 4.74 Å². The van der Waals surface area contributed by atoms with E-state index in [9.17, 15) is 9.90 Å². The molecule has 0 spiro atoms. The van der Waals surface area contributed by atoms with E-state index in [0.29, 0.717) is 18.3 Å². The molecule has 0 radical (unpaired) electrons. The summed E-state index contributed by atoms with van der Waals surface area (Å²) in [7, 11) is 1.66. The fraction of sp³-hybridized carbons (Fsp3) is 0.526. The second kappa shape index (κ2) is 19.9. The monoisotopic (exact) mass is 602 g/mol. The number of rotatable bonds is 17. The average molecular weight is 603 g/mol. The number of carbonyl (C=O) groups is 1. The summed E-state index contributed by atoms with van der Waals surface area (Å²) in [6.45, 7) is 8.22. The van der Waals surface area contributed by atoms with Gasteiger partial charge in [-0.05, 0) is 99.6 Å². The molecule has 5 atom stereocenters. The van der Waals surface area contributed by atoms with Gasteiger partial charge in [-0.15, -0.1) is 6.58 Å². The maximum atomic E-state index is 11.2. The molecule has 3 fully saturated rings. The van der Waals surface area contributed by atoms with Gasteiger partial charge in [0.25, 0.3) is 0 Å². The van der Waals surface area contributed by atoms with Crippen molar-refractivity contribution in [2.45, 2.75) is 96.1 Å². The van der Waals surface area contributed by atoms with Gasteiger partial charge >= 0.3 is 5.97 Å². The van der Waals surface area contributed by atoms with Crippen molar-refractivity contribution >= 4 is 16.9 Å². The zero-order valence-corrected chi connectivity index (χ0v) is 26.9. The number of benzene rings is 1. The third-order valence-corrected chi connectivity index (χ3v) is 8.86. The first-order chi connectivity index (χ1) is 21.5. The molecule has 0 aliphatic carbocycles. The van der Waals surface area contributed by atoms with E-state index in [-0.39, 0.29) is 6.04 Å². The zero-order chi connectivity index (χ0) is 31.6. The number of carboxylic acids is 1. The molecule has 2 N–H and O–H groups in total. The lowest BCUT2D eigenvalue weighted by Crippen LogP contribution is -2.54. The molecule has 6 heteroatoms. The van der Waals surface area contributed by atoms with Crippen LogP contribution in [0.2, 0.25) is 0 Å². The molecule has 5 rings (SSSR count). The lowest BCUT2D eigenvalue weighted by molar-refractivity contribution is -0.137. The topological polar surface area (TPSA) is 82.9 Å². The van der Waals surface area contributed by atoms with Crippen LogP contribution in [-0.4, -0.2) is 52.3 Å². The minimum Gasteiger partial charge on any atom is -0.497 e. The van der Waals surface area contributed by atoms with Crippen molar-refractivity contribution in [3.63, 3.8) is 0 Å². The molecular weight excluding hydrogens is 548 g/mol. The number of allylic oxidation sites excluding steroid dienone is 6. The van der Waals surface area contributed by atoms with Gasteiger partial charge in [-0.1, -0.05) is 68.7 Å². The fourth-order valence-electron chi connectivity index (χ4n) is 6.34. The molecule has 4 heterocycles. The molecular formula is C38H54N2O4. The largest absolute Gasteiger partial charge is 0.497 e. The van der Waals surface area contributed by atoms with Gasteiger partial charge in [-0.25, -0.2) is 0 Å². The predicted octanol–water partition coefficient (Wildman–Crippen LogP) is 8.83. The fourth-order valence-corrected chi connectivity index (χ4v) is 6.34. The standard InChI is InChI=1S/C20H24N2O2.C18H30O2/c1-3-13-12-22-9-7-14(13)10-19(22)20(23)16-6-8-21-18-5-4-15(24-2)11-17(16)18;1-2-3-4-5-6-7-8-9-10-11-12-13-14-15-16-17-18(19)20/h3-6,8,11,13-14,19-20,23H,1,7,9-10,12H2,2H3;3-4,6-7,9-10H,2,5,8,11-17H2,1H3,(H,19,20)/b;4-3-,7-6-,10-9-/t13-,14-,19-,20+;/m0./s1. The summed E-state index contributed by atoms with van der Waals surface area (Å²) >= 11 is 0. The first-order valence-electron chi connectivity index (χ1n) is 16.6. The Balaban J connectivity index is 0.000000246. The van der Waals surface area contributed by atoms with Gasteiger partial charge in [0, 0.05) is 30.6 Å². The maximum absolute atomic E-state index is 11.2. The van der Waals surface area contributed by atoms with Crippen molar-refractivity contribution < 1.29 is 19.7 Å². The molecule has 1 aromatic heterocycles. The Morgan fingerprint density at radius 1 is 1.07 bits per heavy atom. The number of fused-ring (bicyclic) bond motifs is 4. The van der Waals surface area contributed by atoms with Gasteiger partial charge in [0.1, 0.15) is 5.75 Å². The van der Waals surface area contributed by atoms with Crippen LogP contribution in [0.4, 0.5) is 0 Å². The number of methoxy groups -OCH3 is 1. The second-order valence-corrected chi connectivity index (χ2v) is 12.0. The van der Waals surface area contributed by atoms with Crippen molar-refractivity contribution in [3.8, 4) is 5.75 Å². The van der Waals surface area contributed by atoms with Crippen molar-refractivity contribution in [1.29, 1.82) is 0 Å². The first kappa shape index (κ1) is 35.3. The highest BCUT2D eigenvalue weighted by molar-refractivity contribution is 5.84. The molecule has 0 amide bonds. The van der Waals surface area contributed by atoms with Gasteiger partial charge in [0.15, 0.2) is 0 Å². The molecule has 240 valence electrons. The molecule has 44 heavy (non-hydrogen) atoms. The second-order valence-electron chi connectivity index (χ2n) is 12.0. The molecule has 3 aliphatic rings. The normalized spacial score (nSPS) is 22.0. The Morgan fingerprint density at radius 3 is 2.48 bits per heavy atom. The molecule has 2 bridgehead atoms. The van der Waals surface area contributed by atoms with Crippen LogP contribution in [0.3, 0.4) is 0 Å². The number of nitrogens with zero attached hydrogens (tertiary/aromatic N) is 2. The Labute approximate surface area is 265 Å². The van der Waals surface area contributed by atoms with E-state index in [1.54, 1.807) is 13.3 Å². The summed E-state index contributed by atoms with van der Waals surface area (Å²) in [6.07, 6.45) is 29.0. The number of pyridine rings is 1. The van der Waals surface area contributed by atoms with E-state index in [1.165, 1.54) is 19.3 Å². The summed E-state index contributed by atoms with van der Waals surface area (Å²) in [5.41, 5.74) is 1.85. The lowest BCUT2D eigenvalue weighted by Gasteiger charge is -2.50. The van der Waals surface area contributed by atoms with Crippen LogP contribution >= 0.6 is 0 Å². The molecule has 2 aromatic rings. The highest BCUT2D eigenvalue weighted by Gasteiger charge is 2.42. The lowest BCUT2D eigenvalue weighted by atomic mass is 9.73. The van der Waals surface area contributed by atoms with E-state index >= 15 is 0 Å². The van der Waals surface area contributed by atoms with Crippen LogP contribution in [0, 0.1) is 11.8 Å². The number of aromatic nitrogens is 1. The van der Waals surface area contributed by atoms with Crippen LogP contribution in [-0.2, 0) is 4.79 Å². The van der Waals surface area contributed by atoms with Crippen LogP contribution in [0.1, 0.15) is 95.6 Å². The van der Waals surface area contributed by atoms with Crippen LogP contribution in [0.25, 0.3) is 10.9 Å². The predicted molar refractivity (Wildman–Crippen MR) is 182 cm³/mol. The molecule has 3 saturated heterocycles. The smallest absolute Gasteiger partial charge is 0.303 e. The summed E-state index contributed by atoms with van der Waals surface area (Å²) < 4.78 is 5.35. The van der Waals surface area contributed by atoms with E-state index in [2.05, 4.69) is 65.9 Å². The SMILES string of the molecule is C=C[C@H]1CN2CC[C@H]1C[C@H]2[C@H](O)c1ccnc2ccc(OC)cc12.CC/C=C\C/C=C\C/C=C\CCCCCCCC(=O)O. The van der Waals surface area contributed by atoms with Gasteiger partial charge in [-0.3, -0.25) is 14.7 Å². The Bertz CT molecular complexity index is 1240. The Kier molecular flexibility index (Phi) is 16.0. The van der Waals surface area contributed by atoms with Crippen LogP contribution in [0.15, 0.2) is 79.6 Å². The molecule has 0 saturated carbocycles. The number of carboxylic acid groups (broad SMARTS) is 1. The van der Waals surface area contributed by atoms with Gasteiger partial charge < -0.3 is 14.9 Å². The number of aliphatic carboxylic acids is 1. The Hall–Kier alpha value is -3.22. The third-order valence-electron chi connectivity index (χ3n) is 8.86. The molecule has 1 unspecified atom stereocenters. The van der Waals surface area contributed by atoms with E-state index in [1.807, 2.05) is 24.3 Å². The molecule has 1 aromatic carbocycles. The zero-order valence-electron chi connectivity index (χ0n) is 26.9. The number of ether oxygens (including phenoxy) is 1. The van der Waals surface area contributed by atoms with E-state index in [4.69, 9.17) is 9.84 Å². The first-order valence-corrected chi connectivity index (χ1v) is 16.6. The van der Waals surface area contributed by atoms with E-state index < -0.39 is 12.1 Å². The minimum absolute atomic E-state index is 0.178. The number of aliphatic hydroxyl groups excluding tert-OH is 1. The number of hydrogen-bond acceptors (Lipinski definition) is 5. The highest BCUT2D eigenvalue weighted by atomic mass is 16.5. The van der Waals surface area contributed by atoms with Gasteiger partial charge in [0.2, 0.25) is 0 Å². The van der Waals surface area contributed by atoms with Gasteiger partial charge in [0.05, 0.1) is 18.7 Å². The summed E-state index contributed by atoms with van der Waals surface area (Å²) in [6, 6.07) is 7.96. The molecule has 6 nitrogen and oxygen atoms in total. The summed E-state index contributed by atoms with van der Waals surface area (Å²) in [4.78, 5) is 17.2. The van der Waals surface area contributed by atoms with Crippen molar-refractivity contribution in [2.24, 2.45) is 11.8 Å². The Morgan fingerprint density at radius 2 is 1.80 bits per heavy atom. The van der Waals surface area contributed by atoms with Crippen molar-refractivity contribution in [2.75, 3.05) is 20.2 Å². The average Bonchev–Trinajstić information content (AvgIpc) is 3.05. The third kappa shape index (κ3) is 11.4. The minimum atomic E-state index is -0.675. The summed E-state index contributed by atoms with van der Waals surface area (Å²) in [5.74, 6) is 1.33. The van der Waals surface area contributed by atoms with E-state index in [0.717, 1.165) is 86.7 Å².